The second-order valence-electron chi connectivity index (χ2n) is 4.00. The summed E-state index contributed by atoms with van der Waals surface area (Å²) in [6, 6.07) is 7.51. The molecule has 0 fully saturated rings. The molecule has 3 rings (SSSR count). The molecule has 0 spiro atoms. The van der Waals surface area contributed by atoms with Gasteiger partial charge in [-0.3, -0.25) is 4.79 Å². The van der Waals surface area contributed by atoms with Gasteiger partial charge in [-0.2, -0.15) is 0 Å². The monoisotopic (exact) mass is 254 g/mol. The molecule has 2 heterocycles. The van der Waals surface area contributed by atoms with Crippen molar-refractivity contribution in [1.29, 1.82) is 0 Å². The minimum atomic E-state index is 0.272. The van der Waals surface area contributed by atoms with Crippen molar-refractivity contribution in [2.45, 2.75) is 6.54 Å². The highest BCUT2D eigenvalue weighted by Crippen LogP contribution is 2.17. The van der Waals surface area contributed by atoms with Gasteiger partial charge in [0.15, 0.2) is 12.1 Å². The van der Waals surface area contributed by atoms with Crippen molar-refractivity contribution in [2.24, 2.45) is 0 Å². The van der Waals surface area contributed by atoms with Crippen LogP contribution >= 0.6 is 0 Å². The lowest BCUT2D eigenvalue weighted by Gasteiger charge is -2.04. The average molecular weight is 254 g/mol. The van der Waals surface area contributed by atoms with Crippen molar-refractivity contribution >= 4 is 23.0 Å². The van der Waals surface area contributed by atoms with E-state index in [1.54, 1.807) is 0 Å². The maximum atomic E-state index is 10.5. The predicted molar refractivity (Wildman–Crippen MR) is 68.5 cm³/mol. The molecule has 2 aromatic heterocycles. The fourth-order valence-corrected chi connectivity index (χ4v) is 1.81. The number of nitrogens with zero attached hydrogens (tertiary/aromatic N) is 5. The second kappa shape index (κ2) is 4.45. The van der Waals surface area contributed by atoms with Gasteiger partial charge < -0.3 is 5.73 Å². The van der Waals surface area contributed by atoms with E-state index >= 15 is 0 Å². The number of anilines is 1. The fraction of sp³-hybridized carbons (Fsp3) is 0.0833. The number of hydrogen-bond donors (Lipinski definition) is 1. The van der Waals surface area contributed by atoms with Crippen LogP contribution in [0.5, 0.6) is 0 Å². The number of benzene rings is 1. The first kappa shape index (κ1) is 11.3. The molecule has 7 nitrogen and oxygen atoms in total. The lowest BCUT2D eigenvalue weighted by molar-refractivity contribution is 0.111. The van der Waals surface area contributed by atoms with Gasteiger partial charge in [0.1, 0.15) is 18.1 Å². The summed E-state index contributed by atoms with van der Waals surface area (Å²) in [6.45, 7) is 0.315. The summed E-state index contributed by atoms with van der Waals surface area (Å²) < 4.78 is 1.49. The maximum Gasteiger partial charge on any atom is 0.171 e. The number of carbonyl (C=O) groups is 1. The number of rotatable bonds is 3. The molecular formula is C12H10N6O. The summed E-state index contributed by atoms with van der Waals surface area (Å²) >= 11 is 0. The van der Waals surface area contributed by atoms with Crippen molar-refractivity contribution in [3.63, 3.8) is 0 Å². The molecule has 0 aliphatic heterocycles. The number of aldehydes is 1. The molecule has 0 saturated heterocycles. The molecular weight excluding hydrogens is 244 g/mol. The zero-order valence-electron chi connectivity index (χ0n) is 9.89. The summed E-state index contributed by atoms with van der Waals surface area (Å²) in [7, 11) is 0. The van der Waals surface area contributed by atoms with Gasteiger partial charge in [-0.05, 0) is 12.1 Å². The maximum absolute atomic E-state index is 10.5. The van der Waals surface area contributed by atoms with Crippen LogP contribution in [0.2, 0.25) is 0 Å². The Kier molecular flexibility index (Phi) is 2.64. The van der Waals surface area contributed by atoms with Gasteiger partial charge in [0, 0.05) is 5.39 Å². The Balaban J connectivity index is 1.98. The molecule has 0 amide bonds. The molecule has 0 radical (unpaired) electrons. The molecule has 0 aliphatic rings. The van der Waals surface area contributed by atoms with Crippen molar-refractivity contribution in [2.75, 3.05) is 5.73 Å². The van der Waals surface area contributed by atoms with Gasteiger partial charge in [-0.15, -0.1) is 5.10 Å². The van der Waals surface area contributed by atoms with Crippen LogP contribution in [0.15, 0.2) is 30.5 Å². The van der Waals surface area contributed by atoms with Crippen LogP contribution in [0.25, 0.3) is 10.9 Å². The Labute approximate surface area is 108 Å². The van der Waals surface area contributed by atoms with E-state index in [1.807, 2.05) is 24.3 Å². The highest BCUT2D eigenvalue weighted by atomic mass is 16.1. The Bertz CT molecular complexity index is 751. The van der Waals surface area contributed by atoms with E-state index in [-0.39, 0.29) is 5.69 Å². The van der Waals surface area contributed by atoms with E-state index in [2.05, 4.69) is 20.3 Å². The van der Waals surface area contributed by atoms with Gasteiger partial charge in [0.05, 0.1) is 11.7 Å². The number of nitrogens with two attached hydrogens (primary N) is 1. The van der Waals surface area contributed by atoms with Gasteiger partial charge in [0.25, 0.3) is 0 Å². The molecule has 7 heteroatoms. The second-order valence-corrected chi connectivity index (χ2v) is 4.00. The number of fused-ring (bicyclic) bond motifs is 1. The number of carbonyl (C=O) groups excluding carboxylic acids is 1. The van der Waals surface area contributed by atoms with Crippen molar-refractivity contribution in [1.82, 2.24) is 25.0 Å². The molecule has 19 heavy (non-hydrogen) atoms. The number of aromatic nitrogens is 5. The Morgan fingerprint density at radius 1 is 1.26 bits per heavy atom. The minimum Gasteiger partial charge on any atom is -0.383 e. The Morgan fingerprint density at radius 2 is 2.11 bits per heavy atom. The lowest BCUT2D eigenvalue weighted by atomic mass is 10.2. The zero-order chi connectivity index (χ0) is 13.2. The van der Waals surface area contributed by atoms with Gasteiger partial charge in [0.2, 0.25) is 0 Å². The number of hydrogen-bond acceptors (Lipinski definition) is 6. The first-order chi connectivity index (χ1) is 9.26. The Hall–Kier alpha value is -2.83. The molecule has 0 unspecified atom stereocenters. The van der Waals surface area contributed by atoms with Crippen molar-refractivity contribution in [3.05, 3.63) is 42.0 Å². The Morgan fingerprint density at radius 3 is 2.89 bits per heavy atom. The van der Waals surface area contributed by atoms with E-state index in [0.29, 0.717) is 24.5 Å². The normalized spacial score (nSPS) is 10.7. The number of para-hydroxylation sites is 1. The first-order valence-electron chi connectivity index (χ1n) is 5.63. The van der Waals surface area contributed by atoms with Crippen LogP contribution in [0.4, 0.5) is 5.82 Å². The van der Waals surface area contributed by atoms with Crippen LogP contribution in [-0.2, 0) is 6.54 Å². The largest absolute Gasteiger partial charge is 0.383 e. The van der Waals surface area contributed by atoms with E-state index in [4.69, 9.17) is 5.73 Å². The van der Waals surface area contributed by atoms with E-state index in [9.17, 15) is 4.79 Å². The molecule has 1 aromatic carbocycles. The van der Waals surface area contributed by atoms with Gasteiger partial charge >= 0.3 is 0 Å². The quantitative estimate of drug-likeness (QED) is 0.689. The summed E-state index contributed by atoms with van der Waals surface area (Å²) in [5.74, 6) is 0.954. The summed E-state index contributed by atoms with van der Waals surface area (Å²) in [5, 5.41) is 8.30. The summed E-state index contributed by atoms with van der Waals surface area (Å²) in [6.07, 6.45) is 2.17. The lowest BCUT2D eigenvalue weighted by Crippen LogP contribution is -2.07. The smallest absolute Gasteiger partial charge is 0.171 e. The summed E-state index contributed by atoms with van der Waals surface area (Å²) in [5.41, 5.74) is 6.94. The topological polar surface area (TPSA) is 99.6 Å². The molecule has 3 aromatic rings. The molecule has 0 bridgehead atoms. The van der Waals surface area contributed by atoms with Crippen LogP contribution in [0, 0.1) is 0 Å². The molecule has 0 aliphatic carbocycles. The van der Waals surface area contributed by atoms with Crippen molar-refractivity contribution < 1.29 is 4.79 Å². The van der Waals surface area contributed by atoms with Gasteiger partial charge in [-0.1, -0.05) is 17.3 Å². The zero-order valence-corrected chi connectivity index (χ0v) is 9.89. The highest BCUT2D eigenvalue weighted by Gasteiger charge is 2.06. The standard InChI is InChI=1S/C12H10N6O/c13-12-9-3-1-2-4-10(9)14-11(15-12)6-18-5-8(7-19)16-17-18/h1-5,7H,6H2,(H2,13,14,15). The van der Waals surface area contributed by atoms with Gasteiger partial charge in [-0.25, -0.2) is 14.6 Å². The molecule has 0 saturated carbocycles. The SMILES string of the molecule is Nc1nc(Cn2cc(C=O)nn2)nc2ccccc12. The third-order valence-electron chi connectivity index (χ3n) is 2.66. The van der Waals surface area contributed by atoms with E-state index < -0.39 is 0 Å². The highest BCUT2D eigenvalue weighted by molar-refractivity contribution is 5.87. The predicted octanol–water partition coefficient (Wildman–Crippen LogP) is 0.664. The summed E-state index contributed by atoms with van der Waals surface area (Å²) in [4.78, 5) is 19.2. The molecule has 0 atom stereocenters. The average Bonchev–Trinajstić information content (AvgIpc) is 2.86. The van der Waals surface area contributed by atoms with E-state index in [1.165, 1.54) is 10.9 Å². The minimum absolute atomic E-state index is 0.272. The third kappa shape index (κ3) is 2.13. The third-order valence-corrected chi connectivity index (χ3v) is 2.66. The fourth-order valence-electron chi connectivity index (χ4n) is 1.81. The molecule has 94 valence electrons. The van der Waals surface area contributed by atoms with Crippen molar-refractivity contribution in [3.8, 4) is 0 Å². The first-order valence-corrected chi connectivity index (χ1v) is 5.63. The van der Waals surface area contributed by atoms with E-state index in [0.717, 1.165) is 10.9 Å². The van der Waals surface area contributed by atoms with Crippen LogP contribution in [-0.4, -0.2) is 31.2 Å². The van der Waals surface area contributed by atoms with Crippen LogP contribution in [0.1, 0.15) is 16.3 Å². The van der Waals surface area contributed by atoms with Crippen LogP contribution < -0.4 is 5.73 Å². The van der Waals surface area contributed by atoms with Crippen LogP contribution in [0.3, 0.4) is 0 Å². The molecule has 2 N–H and O–H groups in total. The number of nitrogen functional groups attached to an aromatic ring is 1.